The van der Waals surface area contributed by atoms with E-state index in [2.05, 4.69) is 25.8 Å². The first-order valence-corrected chi connectivity index (χ1v) is 12.0. The highest BCUT2D eigenvalue weighted by atomic mass is 32.2. The SMILES string of the molecule is C=CCO/N=S1\N=C(CC(=O)NC2C(=O)N3C(C(=O)O)=C(S/C=C\C#N)CSC23)N=C1N. The molecule has 12 nitrogen and oxygen atoms in total. The molecule has 0 aromatic rings. The number of β-lactam (4-membered cyclic amide) rings is 1. The van der Waals surface area contributed by atoms with Gasteiger partial charge < -0.3 is 16.2 Å². The van der Waals surface area contributed by atoms with E-state index < -0.39 is 40.1 Å². The zero-order valence-electron chi connectivity index (χ0n) is 16.3. The number of nitriles is 1. The lowest BCUT2D eigenvalue weighted by molar-refractivity contribution is -0.150. The van der Waals surface area contributed by atoms with Gasteiger partial charge in [0.25, 0.3) is 5.91 Å². The summed E-state index contributed by atoms with van der Waals surface area (Å²) in [5, 5.41) is 21.8. The molecule has 0 spiro atoms. The van der Waals surface area contributed by atoms with Crippen LogP contribution in [0.4, 0.5) is 0 Å². The van der Waals surface area contributed by atoms with Crippen LogP contribution < -0.4 is 11.1 Å². The number of hydrogen-bond donors (Lipinski definition) is 3. The fourth-order valence-electron chi connectivity index (χ4n) is 2.79. The van der Waals surface area contributed by atoms with Gasteiger partial charge in [-0.05, 0) is 5.41 Å². The van der Waals surface area contributed by atoms with E-state index in [-0.39, 0.29) is 29.7 Å². The van der Waals surface area contributed by atoms with Gasteiger partial charge in [0.15, 0.2) is 11.0 Å². The summed E-state index contributed by atoms with van der Waals surface area (Å²) in [5.41, 5.74) is 5.60. The Bertz CT molecular complexity index is 1060. The van der Waals surface area contributed by atoms with Crippen LogP contribution in [0.2, 0.25) is 0 Å². The van der Waals surface area contributed by atoms with Gasteiger partial charge in [0.05, 0.1) is 19.1 Å². The van der Waals surface area contributed by atoms with Crippen LogP contribution in [-0.2, 0) is 30.1 Å². The molecule has 3 aliphatic heterocycles. The maximum atomic E-state index is 12.6. The zero-order chi connectivity index (χ0) is 23.3. The van der Waals surface area contributed by atoms with Crippen LogP contribution in [0, 0.1) is 11.3 Å². The molecule has 0 radical (unpaired) electrons. The van der Waals surface area contributed by atoms with Gasteiger partial charge in [0.2, 0.25) is 5.91 Å². The van der Waals surface area contributed by atoms with Gasteiger partial charge in [0, 0.05) is 16.7 Å². The predicted octanol–water partition coefficient (Wildman–Crippen LogP) is 0.404. The van der Waals surface area contributed by atoms with E-state index in [4.69, 9.17) is 15.8 Å². The quantitative estimate of drug-likeness (QED) is 0.134. The van der Waals surface area contributed by atoms with Crippen molar-refractivity contribution in [3.8, 4) is 6.07 Å². The summed E-state index contributed by atoms with van der Waals surface area (Å²) < 4.78 is 7.92. The first-order chi connectivity index (χ1) is 15.4. The van der Waals surface area contributed by atoms with E-state index in [1.54, 1.807) is 0 Å². The molecule has 0 bridgehead atoms. The Morgan fingerprint density at radius 1 is 1.59 bits per heavy atom. The normalized spacial score (nSPS) is 24.5. The van der Waals surface area contributed by atoms with Crippen LogP contribution >= 0.6 is 23.5 Å². The lowest BCUT2D eigenvalue weighted by atomic mass is 10.0. The third-order valence-electron chi connectivity index (χ3n) is 4.06. The fraction of sp³-hybridized carbons (Fsp3) is 0.294. The predicted molar refractivity (Wildman–Crippen MR) is 122 cm³/mol. The number of amidine groups is 2. The second kappa shape index (κ2) is 10.6. The minimum atomic E-state index is -1.25. The number of nitrogens with one attached hydrogen (secondary N) is 1. The van der Waals surface area contributed by atoms with Crippen molar-refractivity contribution in [3.05, 3.63) is 34.7 Å². The van der Waals surface area contributed by atoms with Crippen LogP contribution in [0.15, 0.2) is 48.7 Å². The molecule has 3 aliphatic rings. The molecule has 3 rings (SSSR count). The standard InChI is InChI=1S/C17H17N7O5S3/c1-2-5-29-23-32-17(19)20-10(22-32)7-11(25)21-12-14(26)24-13(16(27)28)9(8-31-15(12)24)30-6-3-4-18/h2-3,6,12,15H,1,5,7-8H2,(H,21,25)(H,27,28)(H2,19,20,22)/b6-3-. The Balaban J connectivity index is 1.64. The van der Waals surface area contributed by atoms with Gasteiger partial charge in [-0.25, -0.2) is 14.6 Å². The van der Waals surface area contributed by atoms with Crippen molar-refractivity contribution in [2.45, 2.75) is 17.8 Å². The molecule has 2 amide bonds. The molecule has 0 aliphatic carbocycles. The molecule has 168 valence electrons. The molecule has 15 heteroatoms. The van der Waals surface area contributed by atoms with Crippen LogP contribution in [0.3, 0.4) is 0 Å². The second-order valence-electron chi connectivity index (χ2n) is 6.14. The third-order valence-corrected chi connectivity index (χ3v) is 7.51. The van der Waals surface area contributed by atoms with Gasteiger partial charge in [0.1, 0.15) is 28.0 Å². The molecule has 3 unspecified atom stereocenters. The number of aliphatic imine (C=N–C) groups is 1. The average molecular weight is 496 g/mol. The molecule has 1 fully saturated rings. The number of fused-ring (bicyclic) bond motifs is 1. The van der Waals surface area contributed by atoms with Crippen molar-refractivity contribution >= 4 is 63.2 Å². The van der Waals surface area contributed by atoms with Gasteiger partial charge in [-0.15, -0.1) is 18.3 Å². The third kappa shape index (κ3) is 5.10. The van der Waals surface area contributed by atoms with E-state index in [0.29, 0.717) is 10.7 Å². The monoisotopic (exact) mass is 495 g/mol. The summed E-state index contributed by atoms with van der Waals surface area (Å²) in [6.07, 6.45) is 2.51. The van der Waals surface area contributed by atoms with Crippen molar-refractivity contribution in [2.75, 3.05) is 12.4 Å². The van der Waals surface area contributed by atoms with Gasteiger partial charge in [-0.1, -0.05) is 22.4 Å². The van der Waals surface area contributed by atoms with Crippen LogP contribution in [-0.4, -0.2) is 62.6 Å². The number of aliphatic carboxylic acids is 1. The van der Waals surface area contributed by atoms with Crippen LogP contribution in [0.25, 0.3) is 0 Å². The smallest absolute Gasteiger partial charge is 0.353 e. The van der Waals surface area contributed by atoms with Crippen molar-refractivity contribution in [1.29, 1.82) is 5.26 Å². The van der Waals surface area contributed by atoms with Gasteiger partial charge in [-0.3, -0.25) is 14.5 Å². The highest BCUT2D eigenvalue weighted by molar-refractivity contribution is 8.08. The number of hydrogen-bond acceptors (Lipinski definition) is 10. The molecular formula is C17H17N7O5S3. The fourth-order valence-corrected chi connectivity index (χ4v) is 5.91. The highest BCUT2D eigenvalue weighted by Gasteiger charge is 2.54. The summed E-state index contributed by atoms with van der Waals surface area (Å²) in [5.74, 6) is -1.80. The number of allylic oxidation sites excluding steroid dienone is 1. The summed E-state index contributed by atoms with van der Waals surface area (Å²) in [6, 6.07) is 0.951. The lowest BCUT2D eigenvalue weighted by Crippen LogP contribution is -2.70. The number of carboxylic acids is 1. The van der Waals surface area contributed by atoms with Crippen LogP contribution in [0.5, 0.6) is 0 Å². The largest absolute Gasteiger partial charge is 0.477 e. The Morgan fingerprint density at radius 3 is 3.06 bits per heavy atom. The van der Waals surface area contributed by atoms with E-state index in [0.717, 1.165) is 16.7 Å². The van der Waals surface area contributed by atoms with Crippen molar-refractivity contribution in [1.82, 2.24) is 10.2 Å². The number of carboxylic acid groups (broad SMARTS) is 1. The second-order valence-corrected chi connectivity index (χ2v) is 9.52. The van der Waals surface area contributed by atoms with E-state index >= 15 is 0 Å². The van der Waals surface area contributed by atoms with Gasteiger partial charge in [-0.2, -0.15) is 9.66 Å². The number of nitrogens with zero attached hydrogens (tertiary/aromatic N) is 5. The minimum absolute atomic E-state index is 0.109. The van der Waals surface area contributed by atoms with Crippen LogP contribution in [0.1, 0.15) is 6.42 Å². The van der Waals surface area contributed by atoms with Crippen molar-refractivity contribution in [3.63, 3.8) is 0 Å². The molecule has 0 aromatic heterocycles. The highest BCUT2D eigenvalue weighted by Crippen LogP contribution is 2.43. The topological polar surface area (TPSA) is 183 Å². The summed E-state index contributed by atoms with van der Waals surface area (Å²) >= 11 is 2.40. The van der Waals surface area contributed by atoms with Crippen molar-refractivity contribution in [2.24, 2.45) is 19.6 Å². The first kappa shape index (κ1) is 23.7. The zero-order valence-corrected chi connectivity index (χ0v) is 18.8. The number of amides is 2. The minimum Gasteiger partial charge on any atom is -0.477 e. The number of rotatable bonds is 9. The molecular weight excluding hydrogens is 478 g/mol. The number of carbonyl (C=O) groups excluding carboxylic acids is 2. The Hall–Kier alpha value is -2.93. The van der Waals surface area contributed by atoms with Gasteiger partial charge >= 0.3 is 5.97 Å². The summed E-state index contributed by atoms with van der Waals surface area (Å²) in [6.45, 7) is 3.68. The molecule has 0 aromatic carbocycles. The molecule has 4 N–H and O–H groups in total. The van der Waals surface area contributed by atoms with E-state index in [9.17, 15) is 19.5 Å². The van der Waals surface area contributed by atoms with Crippen molar-refractivity contribution < 1.29 is 24.3 Å². The molecule has 0 saturated carbocycles. The summed E-state index contributed by atoms with van der Waals surface area (Å²) in [7, 11) is -1.14. The number of carbonyl (C=O) groups is 3. The molecule has 3 atom stereocenters. The number of thioether (sulfide) groups is 2. The van der Waals surface area contributed by atoms with E-state index in [1.807, 2.05) is 6.07 Å². The maximum Gasteiger partial charge on any atom is 0.353 e. The molecule has 32 heavy (non-hydrogen) atoms. The summed E-state index contributed by atoms with van der Waals surface area (Å²) in [4.78, 5) is 47.3. The lowest BCUT2D eigenvalue weighted by Gasteiger charge is -2.49. The van der Waals surface area contributed by atoms with E-state index in [1.165, 1.54) is 29.3 Å². The Morgan fingerprint density at radius 2 is 2.38 bits per heavy atom. The maximum absolute atomic E-state index is 12.6. The average Bonchev–Trinajstić information content (AvgIpc) is 3.10. The Labute approximate surface area is 193 Å². The first-order valence-electron chi connectivity index (χ1n) is 8.89. The molecule has 1 saturated heterocycles. The number of nitrogens with two attached hydrogens (primary N) is 1. The molecule has 3 heterocycles. The Kier molecular flexibility index (Phi) is 7.85.